The van der Waals surface area contributed by atoms with Gasteiger partial charge in [0.2, 0.25) is 0 Å². The maximum atomic E-state index is 13.7. The second-order valence-electron chi connectivity index (χ2n) is 9.27. The highest BCUT2D eigenvalue weighted by Gasteiger charge is 2.42. The molecule has 1 atom stereocenters. The van der Waals surface area contributed by atoms with Crippen LogP contribution in [0.25, 0.3) is 0 Å². The Morgan fingerprint density at radius 3 is 2.21 bits per heavy atom. The molecule has 0 spiro atoms. The van der Waals surface area contributed by atoms with Gasteiger partial charge < -0.3 is 19.5 Å². The average Bonchev–Trinajstić information content (AvgIpc) is 3.19. The van der Waals surface area contributed by atoms with Crippen LogP contribution in [0.2, 0.25) is 5.02 Å². The normalized spacial score (nSPS) is 16.9. The maximum Gasteiger partial charge on any atom is 0.417 e. The monoisotopic (exact) mass is 606 g/mol. The number of carbonyl (C=O) groups excluding carboxylic acids is 4. The number of carbonyl (C=O) groups is 4. The van der Waals surface area contributed by atoms with E-state index in [0.29, 0.717) is 0 Å². The number of alkyl halides is 3. The fraction of sp³-hybridized carbons (Fsp3) is 0.310. The summed E-state index contributed by atoms with van der Waals surface area (Å²) >= 11 is 6.26. The number of fused-ring (bicyclic) bond motifs is 1. The summed E-state index contributed by atoms with van der Waals surface area (Å²) in [6, 6.07) is 9.58. The number of amides is 2. The standard InChI is InChI=1S/C29H26ClF3N2O7/c1-4-42-28(39)23-20(14-41-13-12-35-25(36)16-8-5-6-9-17(16)26(35)37)34-15(2)21(27(38)40-3)22(23)18-10-7-11-19(24(18)30)29(31,32)33/h5-11,22,34H,4,12-14H2,1-3H3. The first kappa shape index (κ1) is 30.8. The zero-order valence-corrected chi connectivity index (χ0v) is 23.5. The molecule has 0 radical (unpaired) electrons. The van der Waals surface area contributed by atoms with Gasteiger partial charge in [-0.3, -0.25) is 14.5 Å². The predicted octanol–water partition coefficient (Wildman–Crippen LogP) is 4.62. The van der Waals surface area contributed by atoms with Gasteiger partial charge in [0.05, 0.1) is 77.9 Å². The molecule has 1 N–H and O–H groups in total. The van der Waals surface area contributed by atoms with Crippen molar-refractivity contribution in [2.24, 2.45) is 0 Å². The quantitative estimate of drug-likeness (QED) is 0.250. The Morgan fingerprint density at radius 1 is 1.00 bits per heavy atom. The SMILES string of the molecule is CCOC(=O)C1=C(COCCN2C(=O)c3ccccc3C2=O)NC(C)=C(C(=O)OC)C1c1cccc(C(F)(F)F)c1Cl. The molecule has 2 aliphatic rings. The Kier molecular flexibility index (Phi) is 9.07. The van der Waals surface area contributed by atoms with E-state index in [1.807, 2.05) is 0 Å². The molecule has 4 rings (SSSR count). The van der Waals surface area contributed by atoms with Crippen LogP contribution in [0, 0.1) is 0 Å². The van der Waals surface area contributed by atoms with Crippen LogP contribution < -0.4 is 5.32 Å². The molecule has 2 aliphatic heterocycles. The molecular weight excluding hydrogens is 581 g/mol. The van der Waals surface area contributed by atoms with Crippen LogP contribution in [0.3, 0.4) is 0 Å². The van der Waals surface area contributed by atoms with Crippen LogP contribution in [0.5, 0.6) is 0 Å². The lowest BCUT2D eigenvalue weighted by molar-refractivity contribution is -0.139. The fourth-order valence-electron chi connectivity index (χ4n) is 4.92. The van der Waals surface area contributed by atoms with Gasteiger partial charge >= 0.3 is 18.1 Å². The van der Waals surface area contributed by atoms with Crippen LogP contribution in [0.15, 0.2) is 65.0 Å². The maximum absolute atomic E-state index is 13.7. The molecule has 9 nitrogen and oxygen atoms in total. The van der Waals surface area contributed by atoms with Gasteiger partial charge in [0.1, 0.15) is 0 Å². The van der Waals surface area contributed by atoms with Crippen molar-refractivity contribution in [2.45, 2.75) is 25.9 Å². The summed E-state index contributed by atoms with van der Waals surface area (Å²) in [6.45, 7) is 2.42. The van der Waals surface area contributed by atoms with E-state index in [4.69, 9.17) is 25.8 Å². The van der Waals surface area contributed by atoms with Crippen molar-refractivity contribution in [3.63, 3.8) is 0 Å². The summed E-state index contributed by atoms with van der Waals surface area (Å²) in [4.78, 5) is 52.5. The number of allylic oxidation sites excluding steroid dienone is 1. The Balaban J connectivity index is 1.69. The second kappa shape index (κ2) is 12.4. The lowest BCUT2D eigenvalue weighted by atomic mass is 9.79. The highest BCUT2D eigenvalue weighted by atomic mass is 35.5. The van der Waals surface area contributed by atoms with Crippen LogP contribution in [0.4, 0.5) is 13.2 Å². The molecule has 0 saturated carbocycles. The van der Waals surface area contributed by atoms with Crippen LogP contribution in [0.1, 0.15) is 51.6 Å². The summed E-state index contributed by atoms with van der Waals surface area (Å²) < 4.78 is 57.1. The zero-order valence-electron chi connectivity index (χ0n) is 22.8. The van der Waals surface area contributed by atoms with Gasteiger partial charge in [-0.25, -0.2) is 9.59 Å². The van der Waals surface area contributed by atoms with Gasteiger partial charge in [0, 0.05) is 5.70 Å². The summed E-state index contributed by atoms with van der Waals surface area (Å²) in [5.41, 5.74) is -0.821. The van der Waals surface area contributed by atoms with Gasteiger partial charge in [-0.05, 0) is 37.6 Å². The van der Waals surface area contributed by atoms with Gasteiger partial charge in [-0.15, -0.1) is 0 Å². The Morgan fingerprint density at radius 2 is 1.64 bits per heavy atom. The van der Waals surface area contributed by atoms with Gasteiger partial charge in [0.25, 0.3) is 11.8 Å². The molecule has 13 heteroatoms. The number of rotatable bonds is 9. The molecule has 0 aromatic heterocycles. The topological polar surface area (TPSA) is 111 Å². The molecule has 0 bridgehead atoms. The number of imide groups is 1. The van der Waals surface area contributed by atoms with E-state index in [9.17, 15) is 32.3 Å². The van der Waals surface area contributed by atoms with Crippen LogP contribution in [-0.2, 0) is 30.0 Å². The van der Waals surface area contributed by atoms with Crippen molar-refractivity contribution >= 4 is 35.4 Å². The van der Waals surface area contributed by atoms with Crippen molar-refractivity contribution in [1.29, 1.82) is 0 Å². The van der Waals surface area contributed by atoms with E-state index in [2.05, 4.69) is 5.32 Å². The zero-order chi connectivity index (χ0) is 30.8. The van der Waals surface area contributed by atoms with Crippen molar-refractivity contribution in [2.75, 3.05) is 33.5 Å². The Labute approximate surface area is 243 Å². The Hall–Kier alpha value is -4.16. The minimum absolute atomic E-state index is 0.0739. The van der Waals surface area contributed by atoms with Crippen LogP contribution >= 0.6 is 11.6 Å². The van der Waals surface area contributed by atoms with Crippen molar-refractivity contribution < 1.29 is 46.6 Å². The molecular formula is C29H26ClF3N2O7. The number of esters is 2. The first-order valence-electron chi connectivity index (χ1n) is 12.8. The number of ether oxygens (including phenoxy) is 3. The van der Waals surface area contributed by atoms with E-state index >= 15 is 0 Å². The lowest BCUT2D eigenvalue weighted by Gasteiger charge is -2.32. The molecule has 42 heavy (non-hydrogen) atoms. The van der Waals surface area contributed by atoms with Crippen molar-refractivity contribution in [3.8, 4) is 0 Å². The first-order chi connectivity index (χ1) is 19.9. The molecule has 2 heterocycles. The average molecular weight is 607 g/mol. The number of hydrogen-bond acceptors (Lipinski definition) is 8. The highest BCUT2D eigenvalue weighted by Crippen LogP contribution is 2.45. The summed E-state index contributed by atoms with van der Waals surface area (Å²) in [5.74, 6) is -4.16. The Bertz CT molecular complexity index is 1480. The highest BCUT2D eigenvalue weighted by molar-refractivity contribution is 6.32. The first-order valence-corrected chi connectivity index (χ1v) is 13.1. The van der Waals surface area contributed by atoms with E-state index in [-0.39, 0.29) is 65.6 Å². The third kappa shape index (κ3) is 5.77. The molecule has 2 amide bonds. The molecule has 2 aromatic carbocycles. The number of benzene rings is 2. The van der Waals surface area contributed by atoms with Gasteiger partial charge in [-0.2, -0.15) is 13.2 Å². The number of halogens is 4. The number of nitrogens with one attached hydrogen (secondary N) is 1. The summed E-state index contributed by atoms with van der Waals surface area (Å²) in [5, 5.41) is 2.22. The molecule has 2 aromatic rings. The lowest BCUT2D eigenvalue weighted by Crippen LogP contribution is -2.36. The van der Waals surface area contributed by atoms with Crippen molar-refractivity contribution in [1.82, 2.24) is 10.2 Å². The second-order valence-corrected chi connectivity index (χ2v) is 9.65. The third-order valence-corrected chi connectivity index (χ3v) is 7.20. The smallest absolute Gasteiger partial charge is 0.417 e. The van der Waals surface area contributed by atoms with Crippen molar-refractivity contribution in [3.05, 3.63) is 92.3 Å². The van der Waals surface area contributed by atoms with Gasteiger partial charge in [0.15, 0.2) is 0 Å². The van der Waals surface area contributed by atoms with Crippen LogP contribution in [-0.4, -0.2) is 62.1 Å². The summed E-state index contributed by atoms with van der Waals surface area (Å²) in [7, 11) is 1.10. The molecule has 0 aliphatic carbocycles. The minimum atomic E-state index is -4.81. The van der Waals surface area contributed by atoms with E-state index in [1.165, 1.54) is 13.0 Å². The number of dihydropyridines is 1. The molecule has 222 valence electrons. The number of methoxy groups -OCH3 is 1. The van der Waals surface area contributed by atoms with E-state index in [0.717, 1.165) is 24.1 Å². The number of hydrogen-bond donors (Lipinski definition) is 1. The van der Waals surface area contributed by atoms with E-state index in [1.54, 1.807) is 31.2 Å². The molecule has 0 fully saturated rings. The van der Waals surface area contributed by atoms with E-state index < -0.39 is 46.4 Å². The van der Waals surface area contributed by atoms with Gasteiger partial charge in [-0.1, -0.05) is 35.9 Å². The third-order valence-electron chi connectivity index (χ3n) is 6.77. The summed E-state index contributed by atoms with van der Waals surface area (Å²) in [6.07, 6.45) is -4.81. The minimum Gasteiger partial charge on any atom is -0.466 e. The largest absolute Gasteiger partial charge is 0.466 e. The predicted molar refractivity (Wildman–Crippen MR) is 143 cm³/mol. The molecule has 1 unspecified atom stereocenters. The number of nitrogens with zero attached hydrogens (tertiary/aromatic N) is 1. The molecule has 0 saturated heterocycles. The fourth-order valence-corrected chi connectivity index (χ4v) is 5.26.